The number of hydrogen-bond donors (Lipinski definition) is 2. The molecule has 0 spiro atoms. The summed E-state index contributed by atoms with van der Waals surface area (Å²) in [4.78, 5) is 14.9. The molecule has 0 aliphatic rings. The zero-order chi connectivity index (χ0) is 13.0. The van der Waals surface area contributed by atoms with Crippen LogP contribution in [0.25, 0.3) is 0 Å². The van der Waals surface area contributed by atoms with Crippen molar-refractivity contribution in [2.24, 2.45) is 0 Å². The van der Waals surface area contributed by atoms with Crippen molar-refractivity contribution in [2.45, 2.75) is 26.1 Å². The van der Waals surface area contributed by atoms with Crippen LogP contribution >= 0.6 is 0 Å². The van der Waals surface area contributed by atoms with E-state index in [1.54, 1.807) is 13.8 Å². The summed E-state index contributed by atoms with van der Waals surface area (Å²) in [7, 11) is 0. The van der Waals surface area contributed by atoms with Crippen LogP contribution in [0.3, 0.4) is 0 Å². The topological polar surface area (TPSA) is 79.7 Å². The highest BCUT2D eigenvalue weighted by atomic mass is 19.1. The van der Waals surface area contributed by atoms with Gasteiger partial charge in [-0.15, -0.1) is 0 Å². The summed E-state index contributed by atoms with van der Waals surface area (Å²) in [6, 6.07) is 2.53. The van der Waals surface area contributed by atoms with Crippen LogP contribution in [-0.2, 0) is 9.53 Å². The van der Waals surface area contributed by atoms with Crippen molar-refractivity contribution in [3.05, 3.63) is 29.3 Å². The van der Waals surface area contributed by atoms with Crippen LogP contribution in [0.4, 0.5) is 4.39 Å². The molecule has 17 heavy (non-hydrogen) atoms. The van der Waals surface area contributed by atoms with Crippen LogP contribution in [0.15, 0.2) is 12.1 Å². The molecule has 0 saturated heterocycles. The number of hydrogen-bond acceptors (Lipinski definition) is 5. The minimum absolute atomic E-state index is 0.0618. The monoisotopic (exact) mass is 243 g/mol. The van der Waals surface area contributed by atoms with Crippen molar-refractivity contribution < 1.29 is 24.1 Å². The summed E-state index contributed by atoms with van der Waals surface area (Å²) >= 11 is 0. The molecule has 0 amide bonds. The second-order valence-electron chi connectivity index (χ2n) is 3.46. The van der Waals surface area contributed by atoms with E-state index >= 15 is 0 Å². The second kappa shape index (κ2) is 5.70. The Kier molecular flexibility index (Phi) is 4.53. The van der Waals surface area contributed by atoms with Gasteiger partial charge in [0.25, 0.3) is 0 Å². The molecule has 5 nitrogen and oxygen atoms in total. The fourth-order valence-electron chi connectivity index (χ4n) is 1.27. The van der Waals surface area contributed by atoms with Gasteiger partial charge in [0.15, 0.2) is 6.10 Å². The number of ether oxygens (including phenoxy) is 1. The molecule has 0 saturated carbocycles. The van der Waals surface area contributed by atoms with Gasteiger partial charge in [-0.2, -0.15) is 0 Å². The normalized spacial score (nSPS) is 14.2. The standard InChI is InChI=1S/C11H14FNO4/c1-3-17-11(16)10(15)9(14)8-7(12)5-4-6(2)13-8/h4-5,9-10,14-15H,3H2,1-2H3. The number of aliphatic hydroxyl groups is 2. The van der Waals surface area contributed by atoms with E-state index in [1.165, 1.54) is 6.07 Å². The van der Waals surface area contributed by atoms with E-state index in [0.29, 0.717) is 5.69 Å². The molecule has 0 aromatic carbocycles. The van der Waals surface area contributed by atoms with Gasteiger partial charge in [-0.1, -0.05) is 0 Å². The van der Waals surface area contributed by atoms with Crippen LogP contribution in [0, 0.1) is 12.7 Å². The van der Waals surface area contributed by atoms with E-state index in [2.05, 4.69) is 9.72 Å². The van der Waals surface area contributed by atoms with Gasteiger partial charge in [-0.3, -0.25) is 4.98 Å². The van der Waals surface area contributed by atoms with E-state index in [9.17, 15) is 19.4 Å². The molecule has 0 fully saturated rings. The Labute approximate surface area is 97.9 Å². The number of carbonyl (C=O) groups excluding carboxylic acids is 1. The Morgan fingerprint density at radius 2 is 2.18 bits per heavy atom. The van der Waals surface area contributed by atoms with Gasteiger partial charge in [0.05, 0.1) is 6.61 Å². The molecule has 6 heteroatoms. The minimum Gasteiger partial charge on any atom is -0.464 e. The molecule has 0 aliphatic carbocycles. The molecule has 94 valence electrons. The Balaban J connectivity index is 2.91. The molecular formula is C11H14FNO4. The Morgan fingerprint density at radius 1 is 1.53 bits per heavy atom. The molecule has 1 heterocycles. The summed E-state index contributed by atoms with van der Waals surface area (Å²) in [6.45, 7) is 3.22. The second-order valence-corrected chi connectivity index (χ2v) is 3.46. The fraction of sp³-hybridized carbons (Fsp3) is 0.455. The van der Waals surface area contributed by atoms with Gasteiger partial charge in [0, 0.05) is 5.69 Å². The Bertz CT molecular complexity index is 410. The number of halogens is 1. The van der Waals surface area contributed by atoms with Gasteiger partial charge < -0.3 is 14.9 Å². The van der Waals surface area contributed by atoms with Crippen molar-refractivity contribution in [3.8, 4) is 0 Å². The smallest absolute Gasteiger partial charge is 0.338 e. The fourth-order valence-corrected chi connectivity index (χ4v) is 1.27. The first-order chi connectivity index (χ1) is 7.97. The lowest BCUT2D eigenvalue weighted by Crippen LogP contribution is -2.31. The summed E-state index contributed by atoms with van der Waals surface area (Å²) < 4.78 is 17.9. The number of pyridine rings is 1. The third-order valence-corrected chi connectivity index (χ3v) is 2.12. The van der Waals surface area contributed by atoms with Crippen molar-refractivity contribution in [3.63, 3.8) is 0 Å². The van der Waals surface area contributed by atoms with E-state index in [4.69, 9.17) is 0 Å². The SMILES string of the molecule is CCOC(=O)C(O)C(O)c1nc(C)ccc1F. The zero-order valence-electron chi connectivity index (χ0n) is 9.55. The molecule has 2 atom stereocenters. The average Bonchev–Trinajstić information content (AvgIpc) is 2.30. The number of aromatic nitrogens is 1. The quantitative estimate of drug-likeness (QED) is 0.752. The maximum atomic E-state index is 13.3. The van der Waals surface area contributed by atoms with Gasteiger partial charge in [-0.05, 0) is 26.0 Å². The Morgan fingerprint density at radius 3 is 2.76 bits per heavy atom. The predicted molar refractivity (Wildman–Crippen MR) is 56.5 cm³/mol. The van der Waals surface area contributed by atoms with Crippen LogP contribution in [0.2, 0.25) is 0 Å². The molecule has 1 aromatic heterocycles. The number of carbonyl (C=O) groups is 1. The molecule has 1 rings (SSSR count). The van der Waals surface area contributed by atoms with E-state index in [0.717, 1.165) is 6.07 Å². The molecule has 0 radical (unpaired) electrons. The minimum atomic E-state index is -1.85. The Hall–Kier alpha value is -1.53. The first kappa shape index (κ1) is 13.5. The van der Waals surface area contributed by atoms with Crippen LogP contribution in [-0.4, -0.2) is 33.9 Å². The third-order valence-electron chi connectivity index (χ3n) is 2.12. The lowest BCUT2D eigenvalue weighted by atomic mass is 10.1. The summed E-state index contributed by atoms with van der Waals surface area (Å²) in [5.74, 6) is -1.80. The maximum absolute atomic E-state index is 13.3. The molecule has 0 bridgehead atoms. The summed E-state index contributed by atoms with van der Waals surface area (Å²) in [5, 5.41) is 19.1. The first-order valence-corrected chi connectivity index (χ1v) is 5.13. The van der Waals surface area contributed by atoms with Crippen molar-refractivity contribution in [2.75, 3.05) is 6.61 Å². The maximum Gasteiger partial charge on any atom is 0.338 e. The number of aryl methyl sites for hydroxylation is 1. The highest BCUT2D eigenvalue weighted by Gasteiger charge is 2.30. The summed E-state index contributed by atoms with van der Waals surface area (Å²) in [6.07, 6.45) is -3.59. The van der Waals surface area contributed by atoms with Gasteiger partial charge in [0.2, 0.25) is 0 Å². The van der Waals surface area contributed by atoms with Crippen LogP contribution in [0.5, 0.6) is 0 Å². The predicted octanol–water partition coefficient (Wildman–Crippen LogP) is 0.487. The van der Waals surface area contributed by atoms with E-state index < -0.39 is 24.0 Å². The lowest BCUT2D eigenvalue weighted by molar-refractivity contribution is -0.159. The van der Waals surface area contributed by atoms with Crippen molar-refractivity contribution >= 4 is 5.97 Å². The van der Waals surface area contributed by atoms with Gasteiger partial charge >= 0.3 is 5.97 Å². The lowest BCUT2D eigenvalue weighted by Gasteiger charge is -2.16. The summed E-state index contributed by atoms with van der Waals surface area (Å²) in [5.41, 5.74) is 0.0991. The van der Waals surface area contributed by atoms with Crippen LogP contribution < -0.4 is 0 Å². The van der Waals surface area contributed by atoms with E-state index in [1.807, 2.05) is 0 Å². The zero-order valence-corrected chi connectivity index (χ0v) is 9.55. The molecule has 2 unspecified atom stereocenters. The van der Waals surface area contributed by atoms with Crippen molar-refractivity contribution in [1.29, 1.82) is 0 Å². The van der Waals surface area contributed by atoms with Crippen molar-refractivity contribution in [1.82, 2.24) is 4.98 Å². The van der Waals surface area contributed by atoms with Gasteiger partial charge in [0.1, 0.15) is 17.6 Å². The number of rotatable bonds is 4. The number of aliphatic hydroxyl groups excluding tert-OH is 2. The first-order valence-electron chi connectivity index (χ1n) is 5.13. The third kappa shape index (κ3) is 3.21. The highest BCUT2D eigenvalue weighted by Crippen LogP contribution is 2.19. The van der Waals surface area contributed by atoms with E-state index in [-0.39, 0.29) is 12.3 Å². The average molecular weight is 243 g/mol. The van der Waals surface area contributed by atoms with Gasteiger partial charge in [-0.25, -0.2) is 9.18 Å². The molecule has 2 N–H and O–H groups in total. The largest absolute Gasteiger partial charge is 0.464 e. The molecule has 1 aromatic rings. The number of nitrogens with zero attached hydrogens (tertiary/aromatic N) is 1. The molecular weight excluding hydrogens is 229 g/mol. The number of esters is 1. The molecule has 0 aliphatic heterocycles. The highest BCUT2D eigenvalue weighted by molar-refractivity contribution is 5.75. The van der Waals surface area contributed by atoms with Crippen LogP contribution in [0.1, 0.15) is 24.4 Å².